The average molecular weight is 525 g/mol. The van der Waals surface area contributed by atoms with Crippen LogP contribution in [-0.2, 0) is 23.7 Å². The third kappa shape index (κ3) is 8.29. The summed E-state index contributed by atoms with van der Waals surface area (Å²) in [6.07, 6.45) is -3.25. The molecule has 12 heteroatoms. The van der Waals surface area contributed by atoms with Crippen molar-refractivity contribution in [1.29, 1.82) is 0 Å². The van der Waals surface area contributed by atoms with Crippen LogP contribution in [0.5, 0.6) is 0 Å². The highest BCUT2D eigenvalue weighted by Crippen LogP contribution is 2.32. The third-order valence-corrected chi connectivity index (χ3v) is 6.91. The van der Waals surface area contributed by atoms with Crippen LogP contribution in [0.2, 0.25) is 0 Å². The molecule has 2 aliphatic heterocycles. The Labute approximate surface area is 211 Å². The second-order valence-electron chi connectivity index (χ2n) is 9.75. The van der Waals surface area contributed by atoms with Gasteiger partial charge in [0.1, 0.15) is 61.0 Å². The van der Waals surface area contributed by atoms with Crippen molar-refractivity contribution in [2.75, 3.05) is 33.0 Å². The summed E-state index contributed by atoms with van der Waals surface area (Å²) in [6.45, 7) is -0.195. The summed E-state index contributed by atoms with van der Waals surface area (Å²) < 4.78 is 21.7. The Morgan fingerprint density at radius 1 is 0.806 bits per heavy atom. The molecular formula is C24H44O12. The van der Waals surface area contributed by atoms with E-state index in [2.05, 4.69) is 6.92 Å². The highest BCUT2D eigenvalue weighted by Gasteiger charge is 2.54. The molecule has 12 nitrogen and oxygen atoms in total. The number of aliphatic hydroxyl groups excluding tert-OH is 7. The minimum absolute atomic E-state index is 0.237. The van der Waals surface area contributed by atoms with Crippen molar-refractivity contribution in [3.8, 4) is 0 Å². The summed E-state index contributed by atoms with van der Waals surface area (Å²) in [4.78, 5) is 12.1. The van der Waals surface area contributed by atoms with Gasteiger partial charge in [-0.1, -0.05) is 45.4 Å². The molecule has 0 aromatic heterocycles. The van der Waals surface area contributed by atoms with E-state index in [9.17, 15) is 40.5 Å². The first kappa shape index (κ1) is 31.3. The zero-order valence-corrected chi connectivity index (χ0v) is 21.0. The molecule has 0 aromatic carbocycles. The molecule has 2 aliphatic rings. The number of unbranched alkanes of at least 4 members (excludes halogenated alkanes) is 6. The molecular weight excluding hydrogens is 480 g/mol. The summed E-state index contributed by atoms with van der Waals surface area (Å²) >= 11 is 0. The molecule has 0 aromatic rings. The summed E-state index contributed by atoms with van der Waals surface area (Å²) in [5.74, 6) is -0.443. The van der Waals surface area contributed by atoms with Crippen molar-refractivity contribution < 1.29 is 59.5 Å². The quantitative estimate of drug-likeness (QED) is 0.0902. The number of carbonyl (C=O) groups excluding carboxylic acids is 1. The summed E-state index contributed by atoms with van der Waals surface area (Å²) in [6, 6.07) is 0. The lowest BCUT2D eigenvalue weighted by Gasteiger charge is -2.40. The first-order valence-electron chi connectivity index (χ1n) is 12.9. The molecule has 3 unspecified atom stereocenters. The third-order valence-electron chi connectivity index (χ3n) is 6.91. The monoisotopic (exact) mass is 524 g/mol. The predicted octanol–water partition coefficient (Wildman–Crippen LogP) is -1.62. The zero-order chi connectivity index (χ0) is 26.7. The van der Waals surface area contributed by atoms with Crippen LogP contribution in [-0.4, -0.2) is 129 Å². The van der Waals surface area contributed by atoms with Gasteiger partial charge in [0.2, 0.25) is 0 Å². The number of hydrogen-bond acceptors (Lipinski definition) is 12. The van der Waals surface area contributed by atoms with Crippen molar-refractivity contribution in [1.82, 2.24) is 0 Å². The van der Waals surface area contributed by atoms with Crippen LogP contribution < -0.4 is 0 Å². The normalized spacial score (nSPS) is 36.8. The fourth-order valence-corrected chi connectivity index (χ4v) is 4.52. The van der Waals surface area contributed by atoms with Gasteiger partial charge in [-0.2, -0.15) is 0 Å². The minimum atomic E-state index is -1.70. The zero-order valence-electron chi connectivity index (χ0n) is 21.0. The van der Waals surface area contributed by atoms with E-state index in [1.807, 2.05) is 0 Å². The lowest BCUT2D eigenvalue weighted by molar-refractivity contribution is -0.246. The molecule has 2 rings (SSSR count). The number of ether oxygens (including phenoxy) is 4. The van der Waals surface area contributed by atoms with Gasteiger partial charge >= 0.3 is 5.97 Å². The first-order chi connectivity index (χ1) is 17.2. The van der Waals surface area contributed by atoms with Crippen LogP contribution in [0.25, 0.3) is 0 Å². The van der Waals surface area contributed by atoms with Crippen molar-refractivity contribution in [2.45, 2.75) is 113 Å². The van der Waals surface area contributed by atoms with Crippen molar-refractivity contribution >= 4 is 5.97 Å². The Balaban J connectivity index is 1.78. The molecule has 2 saturated heterocycles. The number of carbonyl (C=O) groups is 1. The van der Waals surface area contributed by atoms with Gasteiger partial charge in [-0.15, -0.1) is 0 Å². The van der Waals surface area contributed by atoms with Gasteiger partial charge in [0, 0.05) is 6.42 Å². The summed E-state index contributed by atoms with van der Waals surface area (Å²) in [7, 11) is 0. The highest BCUT2D eigenvalue weighted by molar-refractivity contribution is 5.69. The maximum Gasteiger partial charge on any atom is 0.305 e. The van der Waals surface area contributed by atoms with E-state index in [0.29, 0.717) is 6.42 Å². The maximum atomic E-state index is 12.1. The highest BCUT2D eigenvalue weighted by atomic mass is 16.6. The molecule has 9 atom stereocenters. The van der Waals surface area contributed by atoms with Crippen LogP contribution in [0.1, 0.15) is 58.3 Å². The standard InChI is InChI=1S/C24H44O12/c1-2-3-4-5-6-7-8-9-18(27)34-12-17-20(29)22(31)19(28)16(35-17)11-33-14-24(13-26)23(32)21(30)15(10-25)36-24/h15-17,19-23,25-26,28-32H,2-14H2,1H3/t15-,16+,17?,19?,20-,21?,22+,23+,24-/m0/s1. The van der Waals surface area contributed by atoms with Crippen LogP contribution >= 0.6 is 0 Å². The van der Waals surface area contributed by atoms with Crippen LogP contribution in [0.15, 0.2) is 0 Å². The van der Waals surface area contributed by atoms with E-state index >= 15 is 0 Å². The largest absolute Gasteiger partial charge is 0.463 e. The lowest BCUT2D eigenvalue weighted by Crippen LogP contribution is -2.60. The van der Waals surface area contributed by atoms with Gasteiger partial charge in [-0.25, -0.2) is 0 Å². The van der Waals surface area contributed by atoms with E-state index in [-0.39, 0.29) is 19.6 Å². The van der Waals surface area contributed by atoms with Gasteiger partial charge in [0.15, 0.2) is 0 Å². The number of esters is 1. The first-order valence-corrected chi connectivity index (χ1v) is 12.9. The number of rotatable bonds is 16. The Morgan fingerprint density at radius 2 is 1.42 bits per heavy atom. The Morgan fingerprint density at radius 3 is 2.00 bits per heavy atom. The van der Waals surface area contributed by atoms with Crippen molar-refractivity contribution in [3.05, 3.63) is 0 Å². The molecule has 0 spiro atoms. The SMILES string of the molecule is CCCCCCCCCC(=O)OCC1O[C@H](COC[C@]2(CO)O[C@@H](CO)C(O)[C@H]2O)C(O)[C@@H](O)[C@H]1O. The summed E-state index contributed by atoms with van der Waals surface area (Å²) in [5.41, 5.74) is -1.70. The Kier molecular flexibility index (Phi) is 13.4. The Hall–Kier alpha value is -0.930. The van der Waals surface area contributed by atoms with Gasteiger partial charge in [-0.3, -0.25) is 4.79 Å². The molecule has 0 amide bonds. The maximum absolute atomic E-state index is 12.1. The molecule has 2 heterocycles. The second-order valence-corrected chi connectivity index (χ2v) is 9.75. The van der Waals surface area contributed by atoms with Gasteiger partial charge in [0.05, 0.1) is 26.4 Å². The lowest BCUT2D eigenvalue weighted by atomic mass is 9.95. The molecule has 2 fully saturated rings. The fraction of sp³-hybridized carbons (Fsp3) is 0.958. The van der Waals surface area contributed by atoms with Crippen LogP contribution in [0, 0.1) is 0 Å². The molecule has 36 heavy (non-hydrogen) atoms. The molecule has 212 valence electrons. The minimum Gasteiger partial charge on any atom is -0.463 e. The van der Waals surface area contributed by atoms with E-state index in [4.69, 9.17) is 18.9 Å². The fourth-order valence-electron chi connectivity index (χ4n) is 4.52. The van der Waals surface area contributed by atoms with Gasteiger partial charge < -0.3 is 54.7 Å². The average Bonchev–Trinajstić information content (AvgIpc) is 3.12. The van der Waals surface area contributed by atoms with E-state index < -0.39 is 80.2 Å². The van der Waals surface area contributed by atoms with E-state index in [0.717, 1.165) is 19.3 Å². The van der Waals surface area contributed by atoms with Gasteiger partial charge in [0.25, 0.3) is 0 Å². The van der Waals surface area contributed by atoms with E-state index in [1.165, 1.54) is 19.3 Å². The smallest absolute Gasteiger partial charge is 0.305 e. The summed E-state index contributed by atoms with van der Waals surface area (Å²) in [5, 5.41) is 69.9. The molecule has 0 radical (unpaired) electrons. The second kappa shape index (κ2) is 15.5. The molecule has 0 bridgehead atoms. The van der Waals surface area contributed by atoms with Crippen molar-refractivity contribution in [3.63, 3.8) is 0 Å². The number of hydrogen-bond donors (Lipinski definition) is 7. The molecule has 7 N–H and O–H groups in total. The number of aliphatic hydroxyl groups is 7. The van der Waals surface area contributed by atoms with Crippen LogP contribution in [0.4, 0.5) is 0 Å². The van der Waals surface area contributed by atoms with Crippen LogP contribution in [0.3, 0.4) is 0 Å². The van der Waals surface area contributed by atoms with E-state index in [1.54, 1.807) is 0 Å². The van der Waals surface area contributed by atoms with Gasteiger partial charge in [-0.05, 0) is 6.42 Å². The molecule has 0 aliphatic carbocycles. The van der Waals surface area contributed by atoms with Crippen molar-refractivity contribution in [2.24, 2.45) is 0 Å². The predicted molar refractivity (Wildman–Crippen MR) is 125 cm³/mol. The molecule has 0 saturated carbocycles. The Bertz CT molecular complexity index is 636. The topological polar surface area (TPSA) is 196 Å².